The largest absolute Gasteiger partial charge is 0.409 e. The van der Waals surface area contributed by atoms with Crippen LogP contribution in [0, 0.1) is 0 Å². The van der Waals surface area contributed by atoms with Crippen molar-refractivity contribution in [1.82, 2.24) is 0 Å². The highest BCUT2D eigenvalue weighted by Gasteiger charge is 2.56. The minimum absolute atomic E-state index is 0.0276. The fourth-order valence-electron chi connectivity index (χ4n) is 3.67. The normalized spacial score (nSPS) is 26.6. The molecule has 1 aliphatic heterocycles. The highest BCUT2D eigenvalue weighted by Crippen LogP contribution is 2.46. The van der Waals surface area contributed by atoms with E-state index in [2.05, 4.69) is 102 Å². The first-order valence-electron chi connectivity index (χ1n) is 14.8. The SMILES string of the molecule is CC(=S)C[C@H]1O[C@H](OCC(O)CO)[C@H](O[Si](C)(C)C(C)(C)C)[C@@H](O[Si](C)(C)C(C)(C)C)[C@@H]1O[Si](C)(C)C(C)(C)C. The monoisotopic (exact) mass is 638 g/mol. The van der Waals surface area contributed by atoms with E-state index in [1.54, 1.807) is 0 Å². The maximum atomic E-state index is 10.2. The first-order chi connectivity index (χ1) is 17.7. The third kappa shape index (κ3) is 10.0. The summed E-state index contributed by atoms with van der Waals surface area (Å²) < 4.78 is 34.5. The second-order valence-electron chi connectivity index (χ2n) is 16.1. The molecule has 40 heavy (non-hydrogen) atoms. The second kappa shape index (κ2) is 13.6. The summed E-state index contributed by atoms with van der Waals surface area (Å²) in [6, 6.07) is 0. The molecule has 1 heterocycles. The molecule has 11 heteroatoms. The van der Waals surface area contributed by atoms with Gasteiger partial charge >= 0.3 is 0 Å². The molecular weight excluding hydrogens is 577 g/mol. The van der Waals surface area contributed by atoms with Gasteiger partial charge in [-0.1, -0.05) is 74.5 Å². The zero-order chi connectivity index (χ0) is 31.7. The Kier molecular flexibility index (Phi) is 13.1. The van der Waals surface area contributed by atoms with Crippen molar-refractivity contribution in [2.75, 3.05) is 13.2 Å². The van der Waals surface area contributed by atoms with Crippen LogP contribution in [0.3, 0.4) is 0 Å². The Morgan fingerprint density at radius 1 is 0.750 bits per heavy atom. The predicted molar refractivity (Wildman–Crippen MR) is 177 cm³/mol. The fraction of sp³-hybridized carbons (Fsp3) is 0.966. The molecule has 0 aliphatic carbocycles. The Morgan fingerprint density at radius 2 is 1.12 bits per heavy atom. The minimum Gasteiger partial charge on any atom is -0.409 e. The van der Waals surface area contributed by atoms with E-state index in [-0.39, 0.29) is 21.7 Å². The standard InChI is InChI=1S/C29H62O7SSi3/c1-20(37)17-22-23(34-38(11,12)27(2,3)4)24(35-39(13,14)28(5,6)7)25(36-40(15,16)29(8,9)10)26(33-22)32-19-21(31)18-30/h21-26,30-31H,17-19H2,1-16H3/t21?,22-,23-,24+,25-,26+/m1/s1. The Morgan fingerprint density at radius 3 is 1.48 bits per heavy atom. The topological polar surface area (TPSA) is 86.6 Å². The highest BCUT2D eigenvalue weighted by atomic mass is 32.1. The zero-order valence-corrected chi connectivity index (χ0v) is 32.2. The Hall–Kier alpha value is 0.461. The summed E-state index contributed by atoms with van der Waals surface area (Å²) in [5.41, 5.74) is 0. The number of aliphatic hydroxyl groups is 2. The average molecular weight is 639 g/mol. The van der Waals surface area contributed by atoms with Crippen molar-refractivity contribution in [2.45, 2.75) is 167 Å². The molecule has 7 nitrogen and oxygen atoms in total. The van der Waals surface area contributed by atoms with Crippen LogP contribution in [-0.4, -0.2) is 90.1 Å². The quantitative estimate of drug-likeness (QED) is 0.174. The van der Waals surface area contributed by atoms with Crippen LogP contribution >= 0.6 is 12.2 Å². The van der Waals surface area contributed by atoms with Crippen LogP contribution in [-0.2, 0) is 22.8 Å². The Balaban J connectivity index is 3.87. The summed E-state index contributed by atoms with van der Waals surface area (Å²) in [5, 5.41) is 19.5. The lowest BCUT2D eigenvalue weighted by Crippen LogP contribution is -2.68. The van der Waals surface area contributed by atoms with Gasteiger partial charge in [0.2, 0.25) is 0 Å². The van der Waals surface area contributed by atoms with Gasteiger partial charge < -0.3 is 33.0 Å². The van der Waals surface area contributed by atoms with Crippen LogP contribution < -0.4 is 0 Å². The van der Waals surface area contributed by atoms with Crippen LogP contribution in [0.15, 0.2) is 0 Å². The van der Waals surface area contributed by atoms with E-state index in [9.17, 15) is 10.2 Å². The van der Waals surface area contributed by atoms with E-state index < -0.39 is 68.4 Å². The van der Waals surface area contributed by atoms with Crippen molar-refractivity contribution in [2.24, 2.45) is 0 Å². The van der Waals surface area contributed by atoms with Crippen molar-refractivity contribution < 1.29 is 33.0 Å². The molecule has 0 aromatic carbocycles. The van der Waals surface area contributed by atoms with E-state index >= 15 is 0 Å². The molecule has 0 radical (unpaired) electrons. The zero-order valence-electron chi connectivity index (χ0n) is 28.4. The van der Waals surface area contributed by atoms with Gasteiger partial charge in [-0.05, 0) is 66.2 Å². The number of rotatable bonds is 12. The maximum Gasteiger partial charge on any atom is 0.192 e. The van der Waals surface area contributed by atoms with E-state index in [0.717, 1.165) is 4.86 Å². The fourth-order valence-corrected chi connectivity index (χ4v) is 7.74. The van der Waals surface area contributed by atoms with Gasteiger partial charge in [0.15, 0.2) is 31.2 Å². The molecule has 0 spiro atoms. The third-order valence-electron chi connectivity index (χ3n) is 9.45. The molecule has 0 amide bonds. The maximum absolute atomic E-state index is 10.2. The second-order valence-corrected chi connectivity index (χ2v) is 31.1. The summed E-state index contributed by atoms with van der Waals surface area (Å²) in [4.78, 5) is 0.817. The van der Waals surface area contributed by atoms with Crippen molar-refractivity contribution in [3.05, 3.63) is 0 Å². The van der Waals surface area contributed by atoms with Crippen molar-refractivity contribution >= 4 is 42.0 Å². The summed E-state index contributed by atoms with van der Waals surface area (Å²) in [5.74, 6) is 0. The van der Waals surface area contributed by atoms with Gasteiger partial charge in [0.25, 0.3) is 0 Å². The molecule has 1 unspecified atom stereocenters. The van der Waals surface area contributed by atoms with Gasteiger partial charge in [0.05, 0.1) is 25.4 Å². The number of hydrogen-bond donors (Lipinski definition) is 2. The van der Waals surface area contributed by atoms with Crippen LogP contribution in [0.2, 0.25) is 54.4 Å². The van der Waals surface area contributed by atoms with Gasteiger partial charge in [-0.3, -0.25) is 0 Å². The van der Waals surface area contributed by atoms with E-state index in [1.807, 2.05) is 6.92 Å². The van der Waals surface area contributed by atoms with Crippen molar-refractivity contribution in [3.8, 4) is 0 Å². The number of thiocarbonyl (C=S) groups is 1. The highest BCUT2D eigenvalue weighted by molar-refractivity contribution is 7.80. The Labute approximate surface area is 254 Å². The van der Waals surface area contributed by atoms with Gasteiger partial charge in [-0.15, -0.1) is 0 Å². The summed E-state index contributed by atoms with van der Waals surface area (Å²) in [6.45, 7) is 34.9. The lowest BCUT2D eigenvalue weighted by atomic mass is 9.96. The molecular formula is C29H62O7SSi3. The minimum atomic E-state index is -2.35. The number of aliphatic hydroxyl groups excluding tert-OH is 2. The van der Waals surface area contributed by atoms with Gasteiger partial charge in [0, 0.05) is 6.42 Å². The molecule has 1 aliphatic rings. The van der Waals surface area contributed by atoms with Crippen LogP contribution in [0.1, 0.15) is 75.7 Å². The molecule has 0 saturated carbocycles. The molecule has 0 aromatic heterocycles. The van der Waals surface area contributed by atoms with Crippen LogP contribution in [0.4, 0.5) is 0 Å². The summed E-state index contributed by atoms with van der Waals surface area (Å²) >= 11 is 5.59. The van der Waals surface area contributed by atoms with E-state index in [1.165, 1.54) is 0 Å². The molecule has 6 atom stereocenters. The van der Waals surface area contributed by atoms with Crippen molar-refractivity contribution in [3.63, 3.8) is 0 Å². The first-order valence-corrected chi connectivity index (χ1v) is 23.9. The molecule has 0 bridgehead atoms. The van der Waals surface area contributed by atoms with Crippen LogP contribution in [0.25, 0.3) is 0 Å². The lowest BCUT2D eigenvalue weighted by molar-refractivity contribution is -0.290. The first kappa shape index (κ1) is 38.5. The summed E-state index contributed by atoms with van der Waals surface area (Å²) in [7, 11) is -6.96. The number of hydrogen-bond acceptors (Lipinski definition) is 8. The molecule has 1 fully saturated rings. The van der Waals surface area contributed by atoms with Gasteiger partial charge in [0.1, 0.15) is 18.3 Å². The predicted octanol–water partition coefficient (Wildman–Crippen LogP) is 7.03. The van der Waals surface area contributed by atoms with Crippen LogP contribution in [0.5, 0.6) is 0 Å². The third-order valence-corrected chi connectivity index (χ3v) is 23.0. The lowest BCUT2D eigenvalue weighted by Gasteiger charge is -2.54. The average Bonchev–Trinajstić information content (AvgIpc) is 2.73. The Bertz CT molecular complexity index is 831. The summed E-state index contributed by atoms with van der Waals surface area (Å²) in [6.07, 6.45) is -3.19. The molecule has 0 aromatic rings. The number of ether oxygens (including phenoxy) is 2. The van der Waals surface area contributed by atoms with Crippen molar-refractivity contribution in [1.29, 1.82) is 0 Å². The smallest absolute Gasteiger partial charge is 0.192 e. The molecule has 1 saturated heterocycles. The molecule has 2 N–H and O–H groups in total. The molecule has 1 rings (SSSR count). The molecule has 238 valence electrons. The van der Waals surface area contributed by atoms with Gasteiger partial charge in [-0.2, -0.15) is 0 Å². The van der Waals surface area contributed by atoms with E-state index in [4.69, 9.17) is 35.0 Å². The van der Waals surface area contributed by atoms with Gasteiger partial charge in [-0.25, -0.2) is 0 Å². The van der Waals surface area contributed by atoms with E-state index in [0.29, 0.717) is 6.42 Å².